The van der Waals surface area contributed by atoms with Crippen LogP contribution in [0.15, 0.2) is 9.59 Å². The van der Waals surface area contributed by atoms with Crippen LogP contribution in [0.1, 0.15) is 11.7 Å². The van der Waals surface area contributed by atoms with E-state index in [1.54, 1.807) is 0 Å². The van der Waals surface area contributed by atoms with Crippen molar-refractivity contribution in [3.05, 3.63) is 26.4 Å². The summed E-state index contributed by atoms with van der Waals surface area (Å²) in [7, 11) is 0. The summed E-state index contributed by atoms with van der Waals surface area (Å²) in [6, 6.07) is 0. The zero-order valence-corrected chi connectivity index (χ0v) is 10.1. The lowest BCUT2D eigenvalue weighted by Gasteiger charge is -2.39. The Morgan fingerprint density at radius 3 is 2.25 bits per heavy atom. The molecule has 1 aliphatic rings. The Labute approximate surface area is 110 Å². The van der Waals surface area contributed by atoms with Gasteiger partial charge < -0.3 is 30.3 Å². The van der Waals surface area contributed by atoms with Gasteiger partial charge in [-0.05, 0) is 0 Å². The normalized spacial score (nSPS) is 34.1. The summed E-state index contributed by atoms with van der Waals surface area (Å²) in [4.78, 5) is 26.4. The third kappa shape index (κ3) is 2.34. The smallest absolute Gasteiger partial charge is 0.328 e. The molecule has 10 nitrogen and oxygen atoms in total. The summed E-state index contributed by atoms with van der Waals surface area (Å²) in [5.41, 5.74) is -2.49. The highest BCUT2D eigenvalue weighted by molar-refractivity contribution is 5.26. The number of aliphatic hydroxyl groups is 4. The lowest BCUT2D eigenvalue weighted by atomic mass is 9.92. The SMILES string of the molecule is O=c1[nH]c(O)c(C2O[C@H](CO)[C@@H](O)[C@H](O)[C@H]2O)c(=O)[nH]1. The van der Waals surface area contributed by atoms with Gasteiger partial charge in [0.2, 0.25) is 5.88 Å². The standard InChI is InChI=1S/C10H14N2O8/c13-1-2-4(14)5(15)6(16)7(20-2)3-8(17)11-10(19)12-9(3)18/h2,4-7,13-16H,1H2,(H3,11,12,17,18,19)/t2-,4-,5+,6-,7?/m1/s1. The summed E-state index contributed by atoms with van der Waals surface area (Å²) in [6.45, 7) is -0.677. The van der Waals surface area contributed by atoms with Crippen molar-refractivity contribution in [2.24, 2.45) is 0 Å². The second kappa shape index (κ2) is 5.34. The van der Waals surface area contributed by atoms with Crippen molar-refractivity contribution < 1.29 is 30.3 Å². The predicted octanol–water partition coefficient (Wildman–Crippen LogP) is -3.72. The first-order valence-electron chi connectivity index (χ1n) is 5.72. The maximum absolute atomic E-state index is 11.7. The Bertz CT molecular complexity index is 594. The number of aromatic hydroxyl groups is 1. The number of aliphatic hydroxyl groups excluding tert-OH is 4. The van der Waals surface area contributed by atoms with Gasteiger partial charge in [0.15, 0.2) is 0 Å². The highest BCUT2D eigenvalue weighted by Gasteiger charge is 2.45. The van der Waals surface area contributed by atoms with Crippen LogP contribution in [-0.4, -0.2) is 66.5 Å². The van der Waals surface area contributed by atoms with Gasteiger partial charge >= 0.3 is 5.69 Å². The van der Waals surface area contributed by atoms with Crippen LogP contribution in [0.25, 0.3) is 0 Å². The molecule has 0 amide bonds. The first kappa shape index (κ1) is 14.7. The third-order valence-electron chi connectivity index (χ3n) is 3.14. The second-order valence-corrected chi connectivity index (χ2v) is 4.42. The molecule has 7 N–H and O–H groups in total. The molecule has 0 saturated carbocycles. The van der Waals surface area contributed by atoms with E-state index in [2.05, 4.69) is 0 Å². The fourth-order valence-electron chi connectivity index (χ4n) is 2.09. The maximum Gasteiger partial charge on any atom is 0.328 e. The van der Waals surface area contributed by atoms with Gasteiger partial charge in [0, 0.05) is 0 Å². The summed E-state index contributed by atoms with van der Waals surface area (Å²) in [5.74, 6) is -0.830. The van der Waals surface area contributed by atoms with Crippen molar-refractivity contribution in [1.29, 1.82) is 0 Å². The molecule has 1 aliphatic heterocycles. The third-order valence-corrected chi connectivity index (χ3v) is 3.14. The van der Waals surface area contributed by atoms with Gasteiger partial charge in [0.1, 0.15) is 36.1 Å². The van der Waals surface area contributed by atoms with Crippen LogP contribution in [-0.2, 0) is 4.74 Å². The van der Waals surface area contributed by atoms with Crippen LogP contribution in [0.2, 0.25) is 0 Å². The Balaban J connectivity index is 2.47. The lowest BCUT2D eigenvalue weighted by molar-refractivity contribution is -0.232. The number of aromatic amines is 2. The molecule has 5 atom stereocenters. The minimum absolute atomic E-state index is 0.512. The average Bonchev–Trinajstić information content (AvgIpc) is 2.37. The Kier molecular flexibility index (Phi) is 3.92. The molecule has 0 radical (unpaired) electrons. The van der Waals surface area contributed by atoms with Crippen LogP contribution < -0.4 is 11.2 Å². The molecule has 2 heterocycles. The van der Waals surface area contributed by atoms with Crippen LogP contribution >= 0.6 is 0 Å². The molecule has 20 heavy (non-hydrogen) atoms. The minimum atomic E-state index is -1.73. The van der Waals surface area contributed by atoms with Crippen molar-refractivity contribution in [3.63, 3.8) is 0 Å². The number of ether oxygens (including phenoxy) is 1. The van der Waals surface area contributed by atoms with Crippen molar-refractivity contribution in [2.75, 3.05) is 6.61 Å². The van der Waals surface area contributed by atoms with Crippen molar-refractivity contribution >= 4 is 0 Å². The zero-order valence-electron chi connectivity index (χ0n) is 10.1. The van der Waals surface area contributed by atoms with Gasteiger partial charge in [-0.2, -0.15) is 0 Å². The monoisotopic (exact) mass is 290 g/mol. The Morgan fingerprint density at radius 2 is 1.70 bits per heavy atom. The van der Waals surface area contributed by atoms with Gasteiger partial charge in [-0.3, -0.25) is 14.8 Å². The van der Waals surface area contributed by atoms with Crippen molar-refractivity contribution in [1.82, 2.24) is 9.97 Å². The van der Waals surface area contributed by atoms with E-state index in [0.717, 1.165) is 0 Å². The number of hydrogen-bond acceptors (Lipinski definition) is 8. The number of H-pyrrole nitrogens is 2. The van der Waals surface area contributed by atoms with Gasteiger partial charge in [0.05, 0.1) is 6.61 Å². The fourth-order valence-corrected chi connectivity index (χ4v) is 2.09. The van der Waals surface area contributed by atoms with E-state index < -0.39 is 59.8 Å². The first-order valence-corrected chi connectivity index (χ1v) is 5.72. The van der Waals surface area contributed by atoms with Crippen molar-refractivity contribution in [3.8, 4) is 5.88 Å². The zero-order chi connectivity index (χ0) is 15.0. The molecule has 1 aromatic rings. The molecule has 2 rings (SSSR count). The molecule has 1 saturated heterocycles. The molecule has 112 valence electrons. The quantitative estimate of drug-likeness (QED) is 0.291. The highest BCUT2D eigenvalue weighted by atomic mass is 16.5. The molecule has 0 spiro atoms. The molecule has 0 bridgehead atoms. The van der Waals surface area contributed by atoms with Gasteiger partial charge in [0.25, 0.3) is 5.56 Å². The van der Waals surface area contributed by atoms with Crippen LogP contribution in [0, 0.1) is 0 Å². The Hall–Kier alpha value is -1.72. The summed E-state index contributed by atoms with van der Waals surface area (Å²) in [5, 5.41) is 47.6. The molecule has 1 aromatic heterocycles. The average molecular weight is 290 g/mol. The summed E-state index contributed by atoms with van der Waals surface area (Å²) in [6.07, 6.45) is -7.77. The van der Waals surface area contributed by atoms with Crippen LogP contribution in [0.4, 0.5) is 0 Å². The van der Waals surface area contributed by atoms with Gasteiger partial charge in [-0.1, -0.05) is 0 Å². The van der Waals surface area contributed by atoms with E-state index in [9.17, 15) is 30.0 Å². The second-order valence-electron chi connectivity index (χ2n) is 4.42. The fraction of sp³-hybridized carbons (Fsp3) is 0.600. The van der Waals surface area contributed by atoms with Crippen LogP contribution in [0.5, 0.6) is 5.88 Å². The minimum Gasteiger partial charge on any atom is -0.494 e. The number of nitrogens with one attached hydrogen (secondary N) is 2. The molecule has 10 heteroatoms. The van der Waals surface area contributed by atoms with E-state index in [1.807, 2.05) is 9.97 Å². The van der Waals surface area contributed by atoms with E-state index in [-0.39, 0.29) is 0 Å². The molecule has 0 aromatic carbocycles. The largest absolute Gasteiger partial charge is 0.494 e. The highest BCUT2D eigenvalue weighted by Crippen LogP contribution is 2.33. The molecule has 0 aliphatic carbocycles. The lowest BCUT2D eigenvalue weighted by Crippen LogP contribution is -2.56. The van der Waals surface area contributed by atoms with E-state index >= 15 is 0 Å². The molecular formula is C10H14N2O8. The number of hydrogen-bond donors (Lipinski definition) is 7. The Morgan fingerprint density at radius 1 is 1.05 bits per heavy atom. The van der Waals surface area contributed by atoms with Crippen molar-refractivity contribution in [2.45, 2.75) is 30.5 Å². The summed E-state index contributed by atoms with van der Waals surface area (Å²) < 4.78 is 5.11. The first-order chi connectivity index (χ1) is 9.36. The van der Waals surface area contributed by atoms with Gasteiger partial charge in [-0.25, -0.2) is 4.79 Å². The van der Waals surface area contributed by atoms with E-state index in [4.69, 9.17) is 9.84 Å². The topological polar surface area (TPSA) is 176 Å². The van der Waals surface area contributed by atoms with E-state index in [1.165, 1.54) is 0 Å². The number of aromatic nitrogens is 2. The molecule has 1 fully saturated rings. The maximum atomic E-state index is 11.7. The number of rotatable bonds is 2. The molecule has 1 unspecified atom stereocenters. The van der Waals surface area contributed by atoms with E-state index in [0.29, 0.717) is 0 Å². The molecular weight excluding hydrogens is 276 g/mol. The van der Waals surface area contributed by atoms with Crippen LogP contribution in [0.3, 0.4) is 0 Å². The summed E-state index contributed by atoms with van der Waals surface area (Å²) >= 11 is 0. The van der Waals surface area contributed by atoms with Gasteiger partial charge in [-0.15, -0.1) is 0 Å². The predicted molar refractivity (Wildman–Crippen MR) is 62.1 cm³/mol.